The van der Waals surface area contributed by atoms with Crippen LogP contribution in [0.1, 0.15) is 10.4 Å². The van der Waals surface area contributed by atoms with Crippen molar-refractivity contribution >= 4 is 27.5 Å². The quantitative estimate of drug-likeness (QED) is 0.672. The van der Waals surface area contributed by atoms with E-state index in [2.05, 4.69) is 10.3 Å². The van der Waals surface area contributed by atoms with Crippen LogP contribution in [0.4, 0.5) is 4.39 Å². The van der Waals surface area contributed by atoms with Crippen LogP contribution in [0.5, 0.6) is 5.75 Å². The van der Waals surface area contributed by atoms with Crippen molar-refractivity contribution in [3.63, 3.8) is 0 Å². The highest BCUT2D eigenvalue weighted by atomic mass is 32.1. The van der Waals surface area contributed by atoms with Crippen LogP contribution < -0.4 is 15.6 Å². The van der Waals surface area contributed by atoms with E-state index in [1.54, 1.807) is 12.1 Å². The summed E-state index contributed by atoms with van der Waals surface area (Å²) >= 11 is 1.46. The van der Waals surface area contributed by atoms with Gasteiger partial charge in [-0.2, -0.15) is 0 Å². The first kappa shape index (κ1) is 18.1. The van der Waals surface area contributed by atoms with Gasteiger partial charge in [0.25, 0.3) is 5.56 Å². The highest BCUT2D eigenvalue weighted by molar-refractivity contribution is 7.18. The molecular formula is C18H18FN3O3S. The Morgan fingerprint density at radius 3 is 2.88 bits per heavy atom. The summed E-state index contributed by atoms with van der Waals surface area (Å²) in [5.74, 6) is -0.655. The highest BCUT2D eigenvalue weighted by Gasteiger charge is 2.13. The SMILES string of the molecule is Cc1sc2ncn(CC(=O)NCCOc3ccccc3F)c(=O)c2c1C. The van der Waals surface area contributed by atoms with Gasteiger partial charge in [-0.25, -0.2) is 9.37 Å². The Balaban J connectivity index is 1.58. The summed E-state index contributed by atoms with van der Waals surface area (Å²) in [6.07, 6.45) is 1.38. The number of halogens is 1. The average Bonchev–Trinajstić information content (AvgIpc) is 2.91. The van der Waals surface area contributed by atoms with E-state index in [0.29, 0.717) is 10.2 Å². The summed E-state index contributed by atoms with van der Waals surface area (Å²) < 4.78 is 20.0. The molecule has 2 heterocycles. The third-order valence-corrected chi connectivity index (χ3v) is 5.10. The first-order valence-electron chi connectivity index (χ1n) is 8.06. The Hall–Kier alpha value is -2.74. The molecular weight excluding hydrogens is 357 g/mol. The van der Waals surface area contributed by atoms with Gasteiger partial charge in [-0.1, -0.05) is 12.1 Å². The van der Waals surface area contributed by atoms with Gasteiger partial charge in [0.1, 0.15) is 18.0 Å². The number of thiophene rings is 1. The fraction of sp³-hybridized carbons (Fsp3) is 0.278. The highest BCUT2D eigenvalue weighted by Crippen LogP contribution is 2.25. The molecule has 1 amide bonds. The summed E-state index contributed by atoms with van der Waals surface area (Å²) in [6.45, 7) is 4.02. The molecule has 0 fully saturated rings. The van der Waals surface area contributed by atoms with Crippen LogP contribution in [0.3, 0.4) is 0 Å². The summed E-state index contributed by atoms with van der Waals surface area (Å²) in [5.41, 5.74) is 0.671. The van der Waals surface area contributed by atoms with Gasteiger partial charge in [0.2, 0.25) is 5.91 Å². The molecule has 3 rings (SSSR count). The predicted molar refractivity (Wildman–Crippen MR) is 98.3 cm³/mol. The van der Waals surface area contributed by atoms with Gasteiger partial charge in [-0.3, -0.25) is 14.2 Å². The zero-order valence-corrected chi connectivity index (χ0v) is 15.2. The smallest absolute Gasteiger partial charge is 0.262 e. The molecule has 0 bridgehead atoms. The third kappa shape index (κ3) is 3.75. The number of hydrogen-bond donors (Lipinski definition) is 1. The standard InChI is InChI=1S/C18H18FN3O3S/c1-11-12(2)26-17-16(11)18(24)22(10-21-17)9-15(23)20-7-8-25-14-6-4-3-5-13(14)19/h3-6,10H,7-9H2,1-2H3,(H,20,23). The van der Waals surface area contributed by atoms with Gasteiger partial charge in [0.05, 0.1) is 18.3 Å². The summed E-state index contributed by atoms with van der Waals surface area (Å²) in [4.78, 5) is 30.6. The average molecular weight is 375 g/mol. The van der Waals surface area contributed by atoms with Gasteiger partial charge >= 0.3 is 0 Å². The van der Waals surface area contributed by atoms with Crippen molar-refractivity contribution in [3.8, 4) is 5.75 Å². The van der Waals surface area contributed by atoms with E-state index in [-0.39, 0.29) is 36.9 Å². The number of aryl methyl sites for hydroxylation is 2. The summed E-state index contributed by atoms with van der Waals surface area (Å²) in [6, 6.07) is 6.06. The van der Waals surface area contributed by atoms with Crippen LogP contribution >= 0.6 is 11.3 Å². The van der Waals surface area contributed by atoms with Crippen LogP contribution in [-0.2, 0) is 11.3 Å². The molecule has 0 spiro atoms. The van der Waals surface area contributed by atoms with Gasteiger partial charge in [0, 0.05) is 4.88 Å². The molecule has 1 aromatic carbocycles. The molecule has 0 unspecified atom stereocenters. The van der Waals surface area contributed by atoms with Crippen LogP contribution in [0.2, 0.25) is 0 Å². The summed E-state index contributed by atoms with van der Waals surface area (Å²) in [7, 11) is 0. The van der Waals surface area contributed by atoms with Gasteiger partial charge < -0.3 is 10.1 Å². The number of carbonyl (C=O) groups excluding carboxylic acids is 1. The molecule has 8 heteroatoms. The lowest BCUT2D eigenvalue weighted by Gasteiger charge is -2.09. The predicted octanol–water partition coefficient (Wildman–Crippen LogP) is 2.41. The maximum absolute atomic E-state index is 13.4. The van der Waals surface area contributed by atoms with E-state index in [9.17, 15) is 14.0 Å². The maximum Gasteiger partial charge on any atom is 0.262 e. The molecule has 2 aromatic heterocycles. The molecule has 0 saturated heterocycles. The number of hydrogen-bond acceptors (Lipinski definition) is 5. The Bertz CT molecular complexity index is 1010. The van der Waals surface area contributed by atoms with E-state index in [0.717, 1.165) is 10.4 Å². The monoisotopic (exact) mass is 375 g/mol. The van der Waals surface area contributed by atoms with Gasteiger partial charge in [-0.05, 0) is 31.5 Å². The number of aromatic nitrogens is 2. The summed E-state index contributed by atoms with van der Waals surface area (Å²) in [5, 5.41) is 3.21. The van der Waals surface area contributed by atoms with Gasteiger partial charge in [-0.15, -0.1) is 11.3 Å². The van der Waals surface area contributed by atoms with Crippen molar-refractivity contribution in [2.24, 2.45) is 0 Å². The van der Waals surface area contributed by atoms with Crippen molar-refractivity contribution in [3.05, 3.63) is 57.2 Å². The van der Waals surface area contributed by atoms with E-state index in [1.165, 1.54) is 34.4 Å². The number of fused-ring (bicyclic) bond motifs is 1. The fourth-order valence-corrected chi connectivity index (χ4v) is 3.49. The van der Waals surface area contributed by atoms with Crippen LogP contribution in [0, 0.1) is 19.7 Å². The Kier molecular flexibility index (Phi) is 5.32. The van der Waals surface area contributed by atoms with Crippen LogP contribution in [0.25, 0.3) is 10.2 Å². The topological polar surface area (TPSA) is 73.2 Å². The number of nitrogens with one attached hydrogen (secondary N) is 1. The Morgan fingerprint density at radius 2 is 2.12 bits per heavy atom. The largest absolute Gasteiger partial charge is 0.489 e. The van der Waals surface area contributed by atoms with Crippen molar-refractivity contribution in [1.82, 2.24) is 14.9 Å². The van der Waals surface area contributed by atoms with E-state index >= 15 is 0 Å². The zero-order chi connectivity index (χ0) is 18.7. The molecule has 1 N–H and O–H groups in total. The number of ether oxygens (including phenoxy) is 1. The number of amides is 1. The van der Waals surface area contributed by atoms with Crippen LogP contribution in [0.15, 0.2) is 35.4 Å². The Morgan fingerprint density at radius 1 is 1.35 bits per heavy atom. The zero-order valence-electron chi connectivity index (χ0n) is 14.4. The normalized spacial score (nSPS) is 10.9. The second-order valence-corrected chi connectivity index (χ2v) is 6.97. The number of para-hydroxylation sites is 1. The van der Waals surface area contributed by atoms with Crippen molar-refractivity contribution < 1.29 is 13.9 Å². The second-order valence-electron chi connectivity index (χ2n) is 5.77. The Labute approximate surface area is 153 Å². The minimum absolute atomic E-state index is 0.127. The lowest BCUT2D eigenvalue weighted by Crippen LogP contribution is -2.34. The first-order chi connectivity index (χ1) is 12.5. The van der Waals surface area contributed by atoms with E-state index in [1.807, 2.05) is 13.8 Å². The van der Waals surface area contributed by atoms with Crippen molar-refractivity contribution in [2.75, 3.05) is 13.2 Å². The molecule has 0 radical (unpaired) electrons. The lowest BCUT2D eigenvalue weighted by atomic mass is 10.2. The number of benzene rings is 1. The minimum Gasteiger partial charge on any atom is -0.489 e. The molecule has 0 aliphatic heterocycles. The third-order valence-electron chi connectivity index (χ3n) is 3.99. The maximum atomic E-state index is 13.4. The molecule has 3 aromatic rings. The molecule has 0 aliphatic carbocycles. The minimum atomic E-state index is -0.453. The number of rotatable bonds is 6. The molecule has 0 atom stereocenters. The molecule has 136 valence electrons. The van der Waals surface area contributed by atoms with E-state index < -0.39 is 5.82 Å². The molecule has 26 heavy (non-hydrogen) atoms. The molecule has 6 nitrogen and oxygen atoms in total. The van der Waals surface area contributed by atoms with Crippen molar-refractivity contribution in [1.29, 1.82) is 0 Å². The number of carbonyl (C=O) groups is 1. The molecule has 0 aliphatic rings. The van der Waals surface area contributed by atoms with E-state index in [4.69, 9.17) is 4.74 Å². The van der Waals surface area contributed by atoms with Gasteiger partial charge in [0.15, 0.2) is 11.6 Å². The second kappa shape index (κ2) is 7.65. The lowest BCUT2D eigenvalue weighted by molar-refractivity contribution is -0.121. The van der Waals surface area contributed by atoms with Crippen LogP contribution in [-0.4, -0.2) is 28.6 Å². The fourth-order valence-electron chi connectivity index (χ4n) is 2.51. The van der Waals surface area contributed by atoms with Crippen molar-refractivity contribution in [2.45, 2.75) is 20.4 Å². The first-order valence-corrected chi connectivity index (χ1v) is 8.88. The molecule has 0 saturated carbocycles. The number of nitrogens with zero attached hydrogens (tertiary/aromatic N) is 2.